The Morgan fingerprint density at radius 3 is 2.69 bits per heavy atom. The van der Waals surface area contributed by atoms with Crippen molar-refractivity contribution in [2.24, 2.45) is 0 Å². The summed E-state index contributed by atoms with van der Waals surface area (Å²) >= 11 is 0. The topological polar surface area (TPSA) is 94.2 Å². The van der Waals surface area contributed by atoms with E-state index in [0.717, 1.165) is 17.5 Å². The molecule has 0 radical (unpaired) electrons. The summed E-state index contributed by atoms with van der Waals surface area (Å²) in [5.41, 5.74) is 3.08. The number of nitriles is 1. The number of ether oxygens (including phenoxy) is 2. The monoisotopic (exact) mass is 431 g/mol. The summed E-state index contributed by atoms with van der Waals surface area (Å²) in [5.74, 6) is -0.324. The molecule has 0 N–H and O–H groups in total. The van der Waals surface area contributed by atoms with E-state index in [1.165, 1.54) is 6.07 Å². The zero-order valence-electron chi connectivity index (χ0n) is 18.2. The molecule has 3 rings (SSSR count). The number of esters is 1. The van der Waals surface area contributed by atoms with E-state index in [4.69, 9.17) is 14.7 Å². The van der Waals surface area contributed by atoms with E-state index in [1.54, 1.807) is 36.2 Å². The minimum Gasteiger partial charge on any atom is -0.463 e. The van der Waals surface area contributed by atoms with Crippen molar-refractivity contribution in [1.82, 2.24) is 9.78 Å². The van der Waals surface area contributed by atoms with Gasteiger partial charge in [-0.15, -0.1) is 0 Å². The van der Waals surface area contributed by atoms with E-state index >= 15 is 0 Å². The van der Waals surface area contributed by atoms with E-state index in [2.05, 4.69) is 11.2 Å². The van der Waals surface area contributed by atoms with Crippen molar-refractivity contribution in [3.05, 3.63) is 93.4 Å². The lowest BCUT2D eigenvalue weighted by atomic mass is 10.0. The van der Waals surface area contributed by atoms with Gasteiger partial charge in [-0.1, -0.05) is 37.3 Å². The van der Waals surface area contributed by atoms with Gasteiger partial charge in [-0.05, 0) is 35.7 Å². The van der Waals surface area contributed by atoms with Crippen molar-refractivity contribution in [3.63, 3.8) is 0 Å². The van der Waals surface area contributed by atoms with Crippen LogP contribution >= 0.6 is 0 Å². The highest BCUT2D eigenvalue weighted by molar-refractivity contribution is 5.72. The highest BCUT2D eigenvalue weighted by atomic mass is 16.6. The van der Waals surface area contributed by atoms with Crippen LogP contribution in [-0.2, 0) is 27.1 Å². The molecule has 7 nitrogen and oxygen atoms in total. The lowest BCUT2D eigenvalue weighted by molar-refractivity contribution is -0.146. The van der Waals surface area contributed by atoms with Gasteiger partial charge in [-0.25, -0.2) is 4.68 Å². The van der Waals surface area contributed by atoms with Crippen LogP contribution in [-0.4, -0.2) is 35.6 Å². The quantitative estimate of drug-likeness (QED) is 0.483. The van der Waals surface area contributed by atoms with Gasteiger partial charge in [0.05, 0.1) is 29.8 Å². The predicted octanol–water partition coefficient (Wildman–Crippen LogP) is 3.21. The molecule has 0 fully saturated rings. The molecule has 32 heavy (non-hydrogen) atoms. The van der Waals surface area contributed by atoms with Gasteiger partial charge in [0.15, 0.2) is 0 Å². The minimum atomic E-state index is -0.324. The Bertz CT molecular complexity index is 1180. The van der Waals surface area contributed by atoms with Crippen LogP contribution in [0.25, 0.3) is 5.69 Å². The number of nitrogens with zero attached hydrogens (tertiary/aromatic N) is 3. The largest absolute Gasteiger partial charge is 0.463 e. The summed E-state index contributed by atoms with van der Waals surface area (Å²) in [5, 5.41) is 13.6. The Kier molecular flexibility index (Phi) is 7.90. The third kappa shape index (κ3) is 6.13. The first kappa shape index (κ1) is 22.9. The number of methoxy groups -OCH3 is 1. The van der Waals surface area contributed by atoms with Crippen LogP contribution in [0.1, 0.15) is 35.7 Å². The van der Waals surface area contributed by atoms with Crippen LogP contribution in [0.2, 0.25) is 0 Å². The Hall–Kier alpha value is -3.76. The van der Waals surface area contributed by atoms with E-state index in [9.17, 15) is 9.59 Å². The van der Waals surface area contributed by atoms with Crippen LogP contribution in [0.3, 0.4) is 0 Å². The van der Waals surface area contributed by atoms with Gasteiger partial charge in [-0.3, -0.25) is 9.59 Å². The molecular weight excluding hydrogens is 406 g/mol. The van der Waals surface area contributed by atoms with Crippen molar-refractivity contribution in [1.29, 1.82) is 5.26 Å². The number of carbonyl (C=O) groups excluding carboxylic acids is 1. The third-order valence-corrected chi connectivity index (χ3v) is 5.05. The van der Waals surface area contributed by atoms with Crippen LogP contribution in [0.15, 0.2) is 65.6 Å². The number of hydrogen-bond donors (Lipinski definition) is 0. The van der Waals surface area contributed by atoms with Crippen molar-refractivity contribution in [2.75, 3.05) is 13.7 Å². The zero-order valence-corrected chi connectivity index (χ0v) is 18.2. The second-order valence-electron chi connectivity index (χ2n) is 7.36. The minimum absolute atomic E-state index is 0.106. The highest BCUT2D eigenvalue weighted by Gasteiger charge is 2.11. The Balaban J connectivity index is 1.73. The molecule has 0 saturated carbocycles. The molecule has 1 atom stereocenters. The molecule has 2 aromatic carbocycles. The molecule has 0 aliphatic carbocycles. The van der Waals surface area contributed by atoms with E-state index < -0.39 is 0 Å². The first-order valence-electron chi connectivity index (χ1n) is 10.4. The molecular formula is C25H25N3O4. The average Bonchev–Trinajstić information content (AvgIpc) is 2.81. The summed E-state index contributed by atoms with van der Waals surface area (Å²) in [4.78, 5) is 24.5. The number of benzene rings is 2. The van der Waals surface area contributed by atoms with E-state index in [0.29, 0.717) is 23.4 Å². The first-order chi connectivity index (χ1) is 15.5. The molecule has 0 aliphatic heterocycles. The van der Waals surface area contributed by atoms with Crippen molar-refractivity contribution < 1.29 is 14.3 Å². The van der Waals surface area contributed by atoms with Crippen LogP contribution in [0.4, 0.5) is 0 Å². The SMILES string of the molecule is CCC(COC(=O)Cc1cccc(Cc2nn(-c3cccc(C#N)c3)ccc2=O)c1)OC. The van der Waals surface area contributed by atoms with Gasteiger partial charge in [0, 0.05) is 25.8 Å². The summed E-state index contributed by atoms with van der Waals surface area (Å²) in [6.07, 6.45) is 2.70. The fourth-order valence-electron chi connectivity index (χ4n) is 3.23. The molecule has 3 aromatic rings. The van der Waals surface area contributed by atoms with Crippen molar-refractivity contribution >= 4 is 5.97 Å². The molecule has 1 heterocycles. The van der Waals surface area contributed by atoms with Crippen LogP contribution in [0, 0.1) is 11.3 Å². The van der Waals surface area contributed by atoms with Crippen LogP contribution in [0.5, 0.6) is 0 Å². The van der Waals surface area contributed by atoms with Gasteiger partial charge in [-0.2, -0.15) is 10.4 Å². The Morgan fingerprint density at radius 2 is 1.94 bits per heavy atom. The van der Waals surface area contributed by atoms with Gasteiger partial charge in [0.1, 0.15) is 12.3 Å². The van der Waals surface area contributed by atoms with Gasteiger partial charge >= 0.3 is 5.97 Å². The molecule has 7 heteroatoms. The maximum atomic E-state index is 12.4. The lowest BCUT2D eigenvalue weighted by Gasteiger charge is -2.13. The normalized spacial score (nSPS) is 11.5. The highest BCUT2D eigenvalue weighted by Crippen LogP contribution is 2.12. The standard InChI is InChI=1S/C25H25N3O4/c1-3-22(31-2)17-32-25(30)15-19-7-4-6-18(12-19)14-23-24(29)10-11-28(27-23)21-9-5-8-20(13-21)16-26/h4-13,22H,3,14-15,17H2,1-2H3. The first-order valence-corrected chi connectivity index (χ1v) is 10.4. The van der Waals surface area contributed by atoms with Crippen molar-refractivity contribution in [3.8, 4) is 11.8 Å². The average molecular weight is 431 g/mol. The molecule has 1 unspecified atom stereocenters. The van der Waals surface area contributed by atoms with Gasteiger partial charge in [0.25, 0.3) is 0 Å². The fraction of sp³-hybridized carbons (Fsp3) is 0.280. The maximum Gasteiger partial charge on any atom is 0.310 e. The lowest BCUT2D eigenvalue weighted by Crippen LogP contribution is -2.21. The summed E-state index contributed by atoms with van der Waals surface area (Å²) in [6, 6.07) is 18.0. The van der Waals surface area contributed by atoms with Crippen LogP contribution < -0.4 is 5.43 Å². The molecule has 0 aliphatic rings. The predicted molar refractivity (Wildman–Crippen MR) is 120 cm³/mol. The molecule has 0 saturated heterocycles. The molecule has 0 bridgehead atoms. The number of hydrogen-bond acceptors (Lipinski definition) is 6. The van der Waals surface area contributed by atoms with E-state index in [1.807, 2.05) is 37.3 Å². The summed E-state index contributed by atoms with van der Waals surface area (Å²) < 4.78 is 12.1. The number of aromatic nitrogens is 2. The molecule has 1 aromatic heterocycles. The maximum absolute atomic E-state index is 12.4. The Morgan fingerprint density at radius 1 is 1.16 bits per heavy atom. The number of carbonyl (C=O) groups is 1. The smallest absolute Gasteiger partial charge is 0.310 e. The number of rotatable bonds is 9. The fourth-order valence-corrected chi connectivity index (χ4v) is 3.23. The Labute approximate surface area is 186 Å². The second-order valence-corrected chi connectivity index (χ2v) is 7.36. The molecule has 0 amide bonds. The van der Waals surface area contributed by atoms with Gasteiger partial charge in [0.2, 0.25) is 5.43 Å². The summed E-state index contributed by atoms with van der Waals surface area (Å²) in [6.45, 7) is 2.20. The van der Waals surface area contributed by atoms with E-state index in [-0.39, 0.29) is 30.5 Å². The second kappa shape index (κ2) is 11.0. The zero-order chi connectivity index (χ0) is 22.9. The molecule has 164 valence electrons. The third-order valence-electron chi connectivity index (χ3n) is 5.05. The molecule has 0 spiro atoms. The van der Waals surface area contributed by atoms with Gasteiger partial charge < -0.3 is 9.47 Å². The summed E-state index contributed by atoms with van der Waals surface area (Å²) in [7, 11) is 1.59. The van der Waals surface area contributed by atoms with Crippen molar-refractivity contribution in [2.45, 2.75) is 32.3 Å².